The van der Waals surface area contributed by atoms with Gasteiger partial charge in [-0.2, -0.15) is 0 Å². The van der Waals surface area contributed by atoms with Gasteiger partial charge in [0.2, 0.25) is 0 Å². The van der Waals surface area contributed by atoms with Gasteiger partial charge in [0, 0.05) is 24.6 Å². The SMILES string of the molecule is COc1ccccc1C1CN(CC2CCCc3ccccc32)C2OCOC12. The fourth-order valence-corrected chi connectivity index (χ4v) is 5.21. The Morgan fingerprint density at radius 3 is 2.74 bits per heavy atom. The van der Waals surface area contributed by atoms with E-state index >= 15 is 0 Å². The van der Waals surface area contributed by atoms with Crippen molar-refractivity contribution in [2.45, 2.75) is 43.4 Å². The minimum absolute atomic E-state index is 0.0500. The van der Waals surface area contributed by atoms with Crippen molar-refractivity contribution in [2.24, 2.45) is 0 Å². The summed E-state index contributed by atoms with van der Waals surface area (Å²) in [4.78, 5) is 2.50. The van der Waals surface area contributed by atoms with Gasteiger partial charge in [-0.1, -0.05) is 42.5 Å². The lowest BCUT2D eigenvalue weighted by atomic mass is 9.82. The number of hydrogen-bond acceptors (Lipinski definition) is 4. The van der Waals surface area contributed by atoms with Crippen molar-refractivity contribution in [3.05, 3.63) is 65.2 Å². The molecule has 0 bridgehead atoms. The third-order valence-electron chi connectivity index (χ3n) is 6.45. The second-order valence-corrected chi connectivity index (χ2v) is 7.90. The minimum atomic E-state index is 0.0500. The van der Waals surface area contributed by atoms with Crippen LogP contribution < -0.4 is 4.74 Å². The Balaban J connectivity index is 1.40. The molecule has 0 N–H and O–H groups in total. The first kappa shape index (κ1) is 17.2. The van der Waals surface area contributed by atoms with Crippen molar-refractivity contribution in [3.63, 3.8) is 0 Å². The van der Waals surface area contributed by atoms with E-state index in [1.54, 1.807) is 7.11 Å². The van der Waals surface area contributed by atoms with Gasteiger partial charge < -0.3 is 14.2 Å². The van der Waals surface area contributed by atoms with Crippen LogP contribution in [-0.2, 0) is 15.9 Å². The number of methoxy groups -OCH3 is 1. The van der Waals surface area contributed by atoms with Gasteiger partial charge in [-0.05, 0) is 42.4 Å². The molecule has 4 heteroatoms. The van der Waals surface area contributed by atoms with Crippen molar-refractivity contribution >= 4 is 0 Å². The summed E-state index contributed by atoms with van der Waals surface area (Å²) in [5, 5.41) is 0. The lowest BCUT2D eigenvalue weighted by Gasteiger charge is -2.31. The van der Waals surface area contributed by atoms with Crippen molar-refractivity contribution < 1.29 is 14.2 Å². The average molecular weight is 365 g/mol. The molecule has 2 heterocycles. The van der Waals surface area contributed by atoms with Gasteiger partial charge in [-0.15, -0.1) is 0 Å². The second kappa shape index (κ2) is 7.27. The fraction of sp³-hybridized carbons (Fsp3) is 0.478. The molecule has 3 aliphatic rings. The van der Waals surface area contributed by atoms with Crippen LogP contribution in [0.15, 0.2) is 48.5 Å². The monoisotopic (exact) mass is 365 g/mol. The highest BCUT2D eigenvalue weighted by atomic mass is 16.7. The molecule has 4 unspecified atom stereocenters. The van der Waals surface area contributed by atoms with Crippen LogP contribution >= 0.6 is 0 Å². The predicted octanol–water partition coefficient (Wildman–Crippen LogP) is 3.91. The van der Waals surface area contributed by atoms with E-state index in [9.17, 15) is 0 Å². The van der Waals surface area contributed by atoms with Gasteiger partial charge in [0.05, 0.1) is 7.11 Å². The zero-order valence-electron chi connectivity index (χ0n) is 15.8. The number of fused-ring (bicyclic) bond motifs is 2. The largest absolute Gasteiger partial charge is 0.496 e. The first-order valence-corrected chi connectivity index (χ1v) is 10.0. The van der Waals surface area contributed by atoms with Crippen LogP contribution in [0.5, 0.6) is 5.75 Å². The van der Waals surface area contributed by atoms with Crippen molar-refractivity contribution in [1.82, 2.24) is 4.90 Å². The van der Waals surface area contributed by atoms with E-state index in [0.717, 1.165) is 18.8 Å². The molecule has 0 amide bonds. The van der Waals surface area contributed by atoms with Crippen LogP contribution in [0.25, 0.3) is 0 Å². The molecule has 2 aromatic rings. The van der Waals surface area contributed by atoms with E-state index in [1.807, 2.05) is 12.1 Å². The van der Waals surface area contributed by atoms with E-state index in [1.165, 1.54) is 36.0 Å². The molecule has 0 spiro atoms. The van der Waals surface area contributed by atoms with Crippen molar-refractivity contribution in [1.29, 1.82) is 0 Å². The highest BCUT2D eigenvalue weighted by Crippen LogP contribution is 2.43. The molecular weight excluding hydrogens is 338 g/mol. The third-order valence-corrected chi connectivity index (χ3v) is 6.45. The lowest BCUT2D eigenvalue weighted by molar-refractivity contribution is -0.0231. The molecular formula is C23H27NO3. The quantitative estimate of drug-likeness (QED) is 0.822. The molecule has 2 aromatic carbocycles. The number of ether oxygens (including phenoxy) is 3. The molecule has 142 valence electrons. The first-order chi connectivity index (χ1) is 13.3. The summed E-state index contributed by atoms with van der Waals surface area (Å²) in [6, 6.07) is 17.3. The van der Waals surface area contributed by atoms with Gasteiger partial charge in [-0.25, -0.2) is 0 Å². The molecule has 0 saturated carbocycles. The van der Waals surface area contributed by atoms with Gasteiger partial charge in [-0.3, -0.25) is 4.90 Å². The highest BCUT2D eigenvalue weighted by molar-refractivity contribution is 5.39. The number of hydrogen-bond donors (Lipinski definition) is 0. The maximum Gasteiger partial charge on any atom is 0.149 e. The average Bonchev–Trinajstić information content (AvgIpc) is 3.32. The van der Waals surface area contributed by atoms with Gasteiger partial charge in [0.15, 0.2) is 0 Å². The van der Waals surface area contributed by atoms with Crippen LogP contribution in [0.4, 0.5) is 0 Å². The molecule has 2 saturated heterocycles. The molecule has 4 nitrogen and oxygen atoms in total. The van der Waals surface area contributed by atoms with E-state index in [4.69, 9.17) is 14.2 Å². The van der Waals surface area contributed by atoms with Gasteiger partial charge in [0.1, 0.15) is 24.9 Å². The maximum atomic E-state index is 6.01. The number of aryl methyl sites for hydroxylation is 1. The Bertz CT molecular complexity index is 808. The van der Waals surface area contributed by atoms with Crippen LogP contribution in [0, 0.1) is 0 Å². The smallest absolute Gasteiger partial charge is 0.149 e. The summed E-state index contributed by atoms with van der Waals surface area (Å²) >= 11 is 0. The van der Waals surface area contributed by atoms with E-state index in [0.29, 0.717) is 12.7 Å². The summed E-state index contributed by atoms with van der Waals surface area (Å²) in [6.45, 7) is 2.38. The number of para-hydroxylation sites is 1. The van der Waals surface area contributed by atoms with Gasteiger partial charge >= 0.3 is 0 Å². The van der Waals surface area contributed by atoms with Crippen molar-refractivity contribution in [2.75, 3.05) is 27.0 Å². The third kappa shape index (κ3) is 3.06. The summed E-state index contributed by atoms with van der Waals surface area (Å²) in [6.07, 6.45) is 3.87. The molecule has 1 aliphatic carbocycles. The first-order valence-electron chi connectivity index (χ1n) is 10.0. The molecule has 2 aliphatic heterocycles. The Morgan fingerprint density at radius 2 is 1.85 bits per heavy atom. The van der Waals surface area contributed by atoms with E-state index in [-0.39, 0.29) is 18.2 Å². The number of nitrogens with zero attached hydrogens (tertiary/aromatic N) is 1. The van der Waals surface area contributed by atoms with Crippen molar-refractivity contribution in [3.8, 4) is 5.75 Å². The fourth-order valence-electron chi connectivity index (χ4n) is 5.21. The van der Waals surface area contributed by atoms with Crippen LogP contribution in [0.3, 0.4) is 0 Å². The molecule has 4 atom stereocenters. The predicted molar refractivity (Wildman–Crippen MR) is 104 cm³/mol. The standard InChI is InChI=1S/C23H27NO3/c1-25-21-12-5-4-11-19(21)20-14-24(23-22(20)26-15-27-23)13-17-9-6-8-16-7-2-3-10-18(16)17/h2-5,7,10-12,17,20,22-23H,6,8-9,13-15H2,1H3. The number of rotatable bonds is 4. The molecule has 2 fully saturated rings. The van der Waals surface area contributed by atoms with Gasteiger partial charge in [0.25, 0.3) is 0 Å². The number of likely N-dealkylation sites (tertiary alicyclic amines) is 1. The second-order valence-electron chi connectivity index (χ2n) is 7.90. The zero-order chi connectivity index (χ0) is 18.2. The summed E-state index contributed by atoms with van der Waals surface area (Å²) in [5.41, 5.74) is 4.28. The highest BCUT2D eigenvalue weighted by Gasteiger charge is 2.48. The molecule has 0 radical (unpaired) electrons. The molecule has 27 heavy (non-hydrogen) atoms. The van der Waals surface area contributed by atoms with Crippen LogP contribution in [-0.4, -0.2) is 44.2 Å². The summed E-state index contributed by atoms with van der Waals surface area (Å²) in [7, 11) is 1.74. The topological polar surface area (TPSA) is 30.9 Å². The number of benzene rings is 2. The Morgan fingerprint density at radius 1 is 1.04 bits per heavy atom. The zero-order valence-corrected chi connectivity index (χ0v) is 15.8. The minimum Gasteiger partial charge on any atom is -0.496 e. The molecule has 0 aromatic heterocycles. The van der Waals surface area contributed by atoms with E-state index < -0.39 is 0 Å². The summed E-state index contributed by atoms with van der Waals surface area (Å²) in [5.74, 6) is 1.81. The Kier molecular flexibility index (Phi) is 4.64. The van der Waals surface area contributed by atoms with E-state index in [2.05, 4.69) is 41.3 Å². The van der Waals surface area contributed by atoms with Crippen LogP contribution in [0.1, 0.15) is 41.4 Å². The maximum absolute atomic E-state index is 6.01. The normalized spacial score (nSPS) is 30.1. The Labute approximate surface area is 161 Å². The summed E-state index contributed by atoms with van der Waals surface area (Å²) < 4.78 is 17.6. The Hall–Kier alpha value is -1.88. The molecule has 5 rings (SSSR count). The lowest BCUT2D eigenvalue weighted by Crippen LogP contribution is -2.37. The van der Waals surface area contributed by atoms with Crippen LogP contribution in [0.2, 0.25) is 0 Å².